The van der Waals surface area contributed by atoms with Gasteiger partial charge in [-0.25, -0.2) is 0 Å². The van der Waals surface area contributed by atoms with Crippen LogP contribution < -0.4 is 10.5 Å². The summed E-state index contributed by atoms with van der Waals surface area (Å²) in [5.74, 6) is 1.60. The predicted octanol–water partition coefficient (Wildman–Crippen LogP) is 4.27. The van der Waals surface area contributed by atoms with Crippen molar-refractivity contribution in [1.29, 1.82) is 0 Å². The Morgan fingerprint density at radius 2 is 1.45 bits per heavy atom. The third-order valence-electron chi connectivity index (χ3n) is 3.12. The molecule has 0 saturated carbocycles. The van der Waals surface area contributed by atoms with Crippen LogP contribution in [0.4, 0.5) is 0 Å². The van der Waals surface area contributed by atoms with E-state index in [0.29, 0.717) is 4.99 Å². The molecule has 0 aromatic heterocycles. The molecule has 2 N–H and O–H groups in total. The summed E-state index contributed by atoms with van der Waals surface area (Å²) in [5.41, 5.74) is 6.64. The van der Waals surface area contributed by atoms with Crippen LogP contribution in [0.2, 0.25) is 0 Å². The number of nitrogens with two attached hydrogens (primary N) is 1. The molecule has 0 spiro atoms. The zero-order valence-electron chi connectivity index (χ0n) is 10.7. The maximum absolute atomic E-state index is 5.94. The molecular weight excluding hydrogens is 266 g/mol. The first kappa shape index (κ1) is 12.6. The molecule has 3 aromatic carbocycles. The smallest absolute Gasteiger partial charge is 0.135 e. The fraction of sp³-hybridized carbons (Fsp3) is 0. The van der Waals surface area contributed by atoms with E-state index in [9.17, 15) is 0 Å². The van der Waals surface area contributed by atoms with Crippen LogP contribution in [0.25, 0.3) is 10.8 Å². The molecule has 3 aromatic rings. The minimum Gasteiger partial charge on any atom is -0.457 e. The van der Waals surface area contributed by atoms with Crippen molar-refractivity contribution in [3.63, 3.8) is 0 Å². The summed E-state index contributed by atoms with van der Waals surface area (Å²) in [4.78, 5) is 0.396. The number of ether oxygens (including phenoxy) is 1. The van der Waals surface area contributed by atoms with Gasteiger partial charge in [-0.05, 0) is 29.7 Å². The van der Waals surface area contributed by atoms with Crippen molar-refractivity contribution in [2.45, 2.75) is 0 Å². The molecule has 0 atom stereocenters. The van der Waals surface area contributed by atoms with Crippen LogP contribution in [0, 0.1) is 0 Å². The molecule has 3 heteroatoms. The average molecular weight is 279 g/mol. The molecule has 0 saturated heterocycles. The Morgan fingerprint density at radius 1 is 0.800 bits per heavy atom. The van der Waals surface area contributed by atoms with Crippen molar-refractivity contribution >= 4 is 28.0 Å². The summed E-state index contributed by atoms with van der Waals surface area (Å²) in [5, 5.41) is 2.01. The van der Waals surface area contributed by atoms with Gasteiger partial charge in [-0.1, -0.05) is 54.7 Å². The van der Waals surface area contributed by atoms with E-state index in [0.717, 1.165) is 27.8 Å². The highest BCUT2D eigenvalue weighted by Crippen LogP contribution is 2.31. The fourth-order valence-corrected chi connectivity index (χ4v) is 2.37. The second-order valence-electron chi connectivity index (χ2n) is 4.44. The Balaban J connectivity index is 2.13. The average Bonchev–Trinajstić information content (AvgIpc) is 2.48. The van der Waals surface area contributed by atoms with Crippen LogP contribution in [0.5, 0.6) is 11.5 Å². The molecule has 20 heavy (non-hydrogen) atoms. The van der Waals surface area contributed by atoms with E-state index < -0.39 is 0 Å². The van der Waals surface area contributed by atoms with E-state index in [4.69, 9.17) is 22.7 Å². The molecule has 0 fully saturated rings. The van der Waals surface area contributed by atoms with Crippen LogP contribution in [-0.4, -0.2) is 4.99 Å². The van der Waals surface area contributed by atoms with Gasteiger partial charge in [0, 0.05) is 10.9 Å². The molecule has 2 nitrogen and oxygen atoms in total. The van der Waals surface area contributed by atoms with Crippen LogP contribution in [-0.2, 0) is 0 Å². The topological polar surface area (TPSA) is 35.2 Å². The van der Waals surface area contributed by atoms with E-state index in [-0.39, 0.29) is 0 Å². The Bertz CT molecular complexity index is 768. The van der Waals surface area contributed by atoms with E-state index in [1.54, 1.807) is 0 Å². The van der Waals surface area contributed by atoms with Gasteiger partial charge in [0.05, 0.1) is 0 Å². The number of hydrogen-bond acceptors (Lipinski definition) is 2. The first-order valence-electron chi connectivity index (χ1n) is 6.30. The summed E-state index contributed by atoms with van der Waals surface area (Å²) in [6.07, 6.45) is 0. The normalized spacial score (nSPS) is 10.4. The maximum atomic E-state index is 5.94. The SMILES string of the molecule is NC(=S)c1ccc(Oc2ccccc2)c2ccccc12. The largest absolute Gasteiger partial charge is 0.457 e. The van der Waals surface area contributed by atoms with Gasteiger partial charge >= 0.3 is 0 Å². The molecule has 0 amide bonds. The number of hydrogen-bond donors (Lipinski definition) is 1. The molecule has 0 unspecified atom stereocenters. The van der Waals surface area contributed by atoms with Crippen LogP contribution in [0.3, 0.4) is 0 Å². The molecule has 0 bridgehead atoms. The van der Waals surface area contributed by atoms with Crippen molar-refractivity contribution in [1.82, 2.24) is 0 Å². The van der Waals surface area contributed by atoms with Gasteiger partial charge in [-0.3, -0.25) is 0 Å². The summed E-state index contributed by atoms with van der Waals surface area (Å²) in [7, 11) is 0. The van der Waals surface area contributed by atoms with Gasteiger partial charge in [0.2, 0.25) is 0 Å². The highest BCUT2D eigenvalue weighted by atomic mass is 32.1. The van der Waals surface area contributed by atoms with E-state index >= 15 is 0 Å². The highest BCUT2D eigenvalue weighted by Gasteiger charge is 2.08. The number of para-hydroxylation sites is 1. The van der Waals surface area contributed by atoms with E-state index in [1.165, 1.54) is 0 Å². The third kappa shape index (κ3) is 2.36. The van der Waals surface area contributed by atoms with Gasteiger partial charge < -0.3 is 10.5 Å². The lowest BCUT2D eigenvalue weighted by Crippen LogP contribution is -2.09. The zero-order chi connectivity index (χ0) is 13.9. The molecule has 0 aliphatic heterocycles. The summed E-state index contributed by atoms with van der Waals surface area (Å²) < 4.78 is 5.94. The van der Waals surface area contributed by atoms with Crippen molar-refractivity contribution in [2.75, 3.05) is 0 Å². The monoisotopic (exact) mass is 279 g/mol. The van der Waals surface area contributed by atoms with Crippen molar-refractivity contribution in [3.05, 3.63) is 72.3 Å². The Morgan fingerprint density at radius 3 is 2.15 bits per heavy atom. The Hall–Kier alpha value is -2.39. The quantitative estimate of drug-likeness (QED) is 0.727. The van der Waals surface area contributed by atoms with Crippen LogP contribution in [0.1, 0.15) is 5.56 Å². The molecule has 98 valence electrons. The van der Waals surface area contributed by atoms with Crippen LogP contribution in [0.15, 0.2) is 66.7 Å². The molecule has 0 radical (unpaired) electrons. The fourth-order valence-electron chi connectivity index (χ4n) is 2.19. The number of benzene rings is 3. The minimum atomic E-state index is 0.396. The predicted molar refractivity (Wildman–Crippen MR) is 86.4 cm³/mol. The molecule has 0 aliphatic rings. The second-order valence-corrected chi connectivity index (χ2v) is 4.88. The summed E-state index contributed by atoms with van der Waals surface area (Å²) in [6, 6.07) is 21.5. The molecule has 0 aliphatic carbocycles. The van der Waals surface area contributed by atoms with Gasteiger partial charge in [0.25, 0.3) is 0 Å². The third-order valence-corrected chi connectivity index (χ3v) is 3.34. The van der Waals surface area contributed by atoms with Gasteiger partial charge in [-0.15, -0.1) is 0 Å². The number of thiocarbonyl (C=S) groups is 1. The van der Waals surface area contributed by atoms with Gasteiger partial charge in [0.1, 0.15) is 16.5 Å². The lowest BCUT2D eigenvalue weighted by atomic mass is 10.0. The lowest BCUT2D eigenvalue weighted by Gasteiger charge is -2.11. The van der Waals surface area contributed by atoms with Crippen molar-refractivity contribution in [2.24, 2.45) is 5.73 Å². The second kappa shape index (κ2) is 5.31. The molecule has 0 heterocycles. The lowest BCUT2D eigenvalue weighted by molar-refractivity contribution is 0.488. The first-order valence-corrected chi connectivity index (χ1v) is 6.71. The van der Waals surface area contributed by atoms with Gasteiger partial charge in [0.15, 0.2) is 0 Å². The minimum absolute atomic E-state index is 0.396. The molecular formula is C17H13NOS. The Kier molecular flexibility index (Phi) is 3.35. The standard InChI is InChI=1S/C17H13NOS/c18-17(20)15-10-11-16(14-9-5-4-8-13(14)15)19-12-6-2-1-3-7-12/h1-11H,(H2,18,20). The van der Waals surface area contributed by atoms with E-state index in [1.807, 2.05) is 66.7 Å². The summed E-state index contributed by atoms with van der Waals surface area (Å²) in [6.45, 7) is 0. The number of rotatable bonds is 3. The van der Waals surface area contributed by atoms with Crippen molar-refractivity contribution in [3.8, 4) is 11.5 Å². The maximum Gasteiger partial charge on any atom is 0.135 e. The van der Waals surface area contributed by atoms with Crippen molar-refractivity contribution < 1.29 is 4.74 Å². The first-order chi connectivity index (χ1) is 9.75. The highest BCUT2D eigenvalue weighted by molar-refractivity contribution is 7.80. The number of fused-ring (bicyclic) bond motifs is 1. The summed E-state index contributed by atoms with van der Waals surface area (Å²) >= 11 is 5.10. The van der Waals surface area contributed by atoms with Gasteiger partial charge in [-0.2, -0.15) is 0 Å². The zero-order valence-corrected chi connectivity index (χ0v) is 11.6. The Labute approximate surface area is 122 Å². The van der Waals surface area contributed by atoms with Crippen LogP contribution >= 0.6 is 12.2 Å². The molecule has 3 rings (SSSR count). The van der Waals surface area contributed by atoms with E-state index in [2.05, 4.69) is 0 Å².